The number of anilines is 1. The van der Waals surface area contributed by atoms with Gasteiger partial charge in [-0.2, -0.15) is 4.98 Å². The molecule has 3 aromatic rings. The van der Waals surface area contributed by atoms with E-state index in [2.05, 4.69) is 20.1 Å². The third-order valence-electron chi connectivity index (χ3n) is 7.67. The minimum atomic E-state index is -3.40. The molecule has 198 valence electrons. The number of aryl methyl sites for hydroxylation is 1. The van der Waals surface area contributed by atoms with E-state index >= 15 is 0 Å². The number of hydrogen-bond donors (Lipinski definition) is 2. The molecule has 0 spiro atoms. The van der Waals surface area contributed by atoms with Crippen LogP contribution in [0.3, 0.4) is 0 Å². The Morgan fingerprint density at radius 2 is 1.86 bits per heavy atom. The van der Waals surface area contributed by atoms with Gasteiger partial charge in [-0.3, -0.25) is 14.8 Å². The van der Waals surface area contributed by atoms with Crippen LogP contribution in [-0.4, -0.2) is 53.3 Å². The number of pyridine rings is 1. The topological polar surface area (TPSA) is 109 Å². The molecule has 37 heavy (non-hydrogen) atoms. The molecule has 0 radical (unpaired) electrons. The van der Waals surface area contributed by atoms with Gasteiger partial charge >= 0.3 is 0 Å². The minimum Gasteiger partial charge on any atom is -0.291 e. The van der Waals surface area contributed by atoms with Gasteiger partial charge in [0.25, 0.3) is 5.56 Å². The molecule has 2 N–H and O–H groups in total. The van der Waals surface area contributed by atoms with Gasteiger partial charge in [-0.15, -0.1) is 0 Å². The minimum absolute atomic E-state index is 0.0798. The highest BCUT2D eigenvalue weighted by molar-refractivity contribution is 7.89. The van der Waals surface area contributed by atoms with Crippen LogP contribution < -0.4 is 15.7 Å². The molecule has 2 fully saturated rings. The van der Waals surface area contributed by atoms with E-state index in [9.17, 15) is 13.2 Å². The predicted molar refractivity (Wildman–Crippen MR) is 147 cm³/mol. The zero-order valence-corrected chi connectivity index (χ0v) is 22.4. The quantitative estimate of drug-likeness (QED) is 0.417. The molecule has 1 saturated carbocycles. The smallest absolute Gasteiger partial charge is 0.260 e. The summed E-state index contributed by atoms with van der Waals surface area (Å²) in [5.74, 6) is 1.98. The molecule has 2 aromatic heterocycles. The van der Waals surface area contributed by atoms with Crippen LogP contribution in [0.4, 0.5) is 5.95 Å². The van der Waals surface area contributed by atoms with Crippen LogP contribution in [0.2, 0.25) is 0 Å². The number of sulfonamides is 1. The van der Waals surface area contributed by atoms with Gasteiger partial charge in [0.15, 0.2) is 0 Å². The normalized spacial score (nSPS) is 19.9. The standard InChI is InChI=1S/C27H36N6O3S/c1-3-4-14-37(35,36)29-12-13-33-25-22(15-24(26(33)34)23-11-6-5-8-19(23)2)16-28-27(30-25)31-32-17-20-9-7-10-21(20)18-32/h5-6,8,11,15-16,20-21,29H,3-4,7,9-10,12-14,17-18H2,1-2H3,(H,28,30,31). The van der Waals surface area contributed by atoms with Gasteiger partial charge in [0, 0.05) is 43.3 Å². The zero-order chi connectivity index (χ0) is 26.0. The van der Waals surface area contributed by atoms with E-state index in [0.717, 1.165) is 47.9 Å². The maximum Gasteiger partial charge on any atom is 0.260 e. The monoisotopic (exact) mass is 524 g/mol. The number of benzene rings is 1. The maximum atomic E-state index is 13.7. The van der Waals surface area contributed by atoms with Gasteiger partial charge in [-0.1, -0.05) is 44.0 Å². The lowest BCUT2D eigenvalue weighted by atomic mass is 10.0. The molecule has 1 aliphatic carbocycles. The highest BCUT2D eigenvalue weighted by Gasteiger charge is 2.36. The van der Waals surface area contributed by atoms with Crippen LogP contribution in [0.5, 0.6) is 0 Å². The molecule has 10 heteroatoms. The molecule has 0 amide bonds. The first-order valence-corrected chi connectivity index (χ1v) is 15.0. The summed E-state index contributed by atoms with van der Waals surface area (Å²) < 4.78 is 28.9. The number of nitrogens with zero attached hydrogens (tertiary/aromatic N) is 4. The Morgan fingerprint density at radius 3 is 2.59 bits per heavy atom. The molecular formula is C27H36N6O3S. The van der Waals surface area contributed by atoms with Crippen molar-refractivity contribution in [1.82, 2.24) is 24.3 Å². The Balaban J connectivity index is 1.47. The molecule has 1 aromatic carbocycles. The lowest BCUT2D eigenvalue weighted by Gasteiger charge is -2.19. The molecule has 5 rings (SSSR count). The zero-order valence-electron chi connectivity index (χ0n) is 21.6. The Morgan fingerprint density at radius 1 is 1.11 bits per heavy atom. The molecule has 2 aliphatic rings. The van der Waals surface area contributed by atoms with E-state index < -0.39 is 10.0 Å². The molecule has 1 saturated heterocycles. The first kappa shape index (κ1) is 25.8. The third-order valence-corrected chi connectivity index (χ3v) is 9.14. The van der Waals surface area contributed by atoms with Gasteiger partial charge < -0.3 is 0 Å². The van der Waals surface area contributed by atoms with E-state index in [4.69, 9.17) is 4.98 Å². The van der Waals surface area contributed by atoms with Crippen LogP contribution in [0.25, 0.3) is 22.2 Å². The molecular weight excluding hydrogens is 488 g/mol. The van der Waals surface area contributed by atoms with Crippen molar-refractivity contribution in [3.05, 3.63) is 52.4 Å². The molecule has 9 nitrogen and oxygen atoms in total. The fourth-order valence-corrected chi connectivity index (χ4v) is 6.89. The van der Waals surface area contributed by atoms with Crippen LogP contribution in [-0.2, 0) is 16.6 Å². The van der Waals surface area contributed by atoms with E-state index in [-0.39, 0.29) is 24.4 Å². The SMILES string of the molecule is CCCCS(=O)(=O)NCCn1c(=O)c(-c2ccccc2C)cc2cnc(NN3CC4CCCC4C3)nc21. The Labute approximate surface area is 218 Å². The van der Waals surface area contributed by atoms with Crippen LogP contribution in [0, 0.1) is 18.8 Å². The summed E-state index contributed by atoms with van der Waals surface area (Å²) in [4.78, 5) is 23.0. The number of fused-ring (bicyclic) bond motifs is 2. The van der Waals surface area contributed by atoms with Crippen molar-refractivity contribution in [2.45, 2.75) is 52.5 Å². The van der Waals surface area contributed by atoms with Gasteiger partial charge in [0.05, 0.1) is 5.75 Å². The van der Waals surface area contributed by atoms with Crippen LogP contribution >= 0.6 is 0 Å². The molecule has 2 atom stereocenters. The number of hydrazine groups is 1. The van der Waals surface area contributed by atoms with Crippen LogP contribution in [0.15, 0.2) is 41.3 Å². The van der Waals surface area contributed by atoms with Gasteiger partial charge in [0.1, 0.15) is 5.65 Å². The second-order valence-electron chi connectivity index (χ2n) is 10.3. The van der Waals surface area contributed by atoms with E-state index in [1.807, 2.05) is 44.2 Å². The summed E-state index contributed by atoms with van der Waals surface area (Å²) in [6.07, 6.45) is 7.00. The summed E-state index contributed by atoms with van der Waals surface area (Å²) >= 11 is 0. The predicted octanol–water partition coefficient (Wildman–Crippen LogP) is 3.55. The number of hydrogen-bond acceptors (Lipinski definition) is 7. The lowest BCUT2D eigenvalue weighted by Crippen LogP contribution is -2.33. The van der Waals surface area contributed by atoms with E-state index in [1.54, 1.807) is 10.8 Å². The number of unbranched alkanes of at least 4 members (excludes halogenated alkanes) is 1. The fourth-order valence-electron chi connectivity index (χ4n) is 5.68. The Hall–Kier alpha value is -2.82. The lowest BCUT2D eigenvalue weighted by molar-refractivity contribution is 0.369. The molecule has 0 bridgehead atoms. The van der Waals surface area contributed by atoms with E-state index in [1.165, 1.54) is 19.3 Å². The highest BCUT2D eigenvalue weighted by atomic mass is 32.2. The summed E-state index contributed by atoms with van der Waals surface area (Å²) in [6.45, 7) is 6.17. The molecule has 1 aliphatic heterocycles. The second kappa shape index (κ2) is 10.9. The Kier molecular flexibility index (Phi) is 7.60. The summed E-state index contributed by atoms with van der Waals surface area (Å²) in [5.41, 5.74) is 6.03. The average Bonchev–Trinajstić information content (AvgIpc) is 3.46. The average molecular weight is 525 g/mol. The first-order chi connectivity index (χ1) is 17.8. The number of rotatable bonds is 10. The molecule has 3 heterocycles. The van der Waals surface area contributed by atoms with Crippen molar-refractivity contribution in [1.29, 1.82) is 0 Å². The van der Waals surface area contributed by atoms with Crippen molar-refractivity contribution in [2.75, 3.05) is 30.8 Å². The van der Waals surface area contributed by atoms with Gasteiger partial charge in [0.2, 0.25) is 16.0 Å². The maximum absolute atomic E-state index is 13.7. The second-order valence-corrected chi connectivity index (χ2v) is 12.3. The van der Waals surface area contributed by atoms with Crippen molar-refractivity contribution in [3.8, 4) is 11.1 Å². The Bertz CT molecular complexity index is 1430. The number of aromatic nitrogens is 3. The van der Waals surface area contributed by atoms with E-state index in [0.29, 0.717) is 23.6 Å². The fraction of sp³-hybridized carbons (Fsp3) is 0.519. The van der Waals surface area contributed by atoms with Crippen molar-refractivity contribution >= 4 is 27.0 Å². The van der Waals surface area contributed by atoms with Crippen molar-refractivity contribution in [3.63, 3.8) is 0 Å². The number of nitrogens with one attached hydrogen (secondary N) is 2. The van der Waals surface area contributed by atoms with Crippen LogP contribution in [0.1, 0.15) is 44.6 Å². The summed E-state index contributed by atoms with van der Waals surface area (Å²) in [5, 5.41) is 2.91. The largest absolute Gasteiger partial charge is 0.291 e. The van der Waals surface area contributed by atoms with Gasteiger partial charge in [-0.25, -0.2) is 23.1 Å². The van der Waals surface area contributed by atoms with Crippen molar-refractivity contribution < 1.29 is 8.42 Å². The van der Waals surface area contributed by atoms with Crippen molar-refractivity contribution in [2.24, 2.45) is 11.8 Å². The highest BCUT2D eigenvalue weighted by Crippen LogP contribution is 2.37. The summed E-state index contributed by atoms with van der Waals surface area (Å²) in [7, 11) is -3.40. The van der Waals surface area contributed by atoms with Gasteiger partial charge in [-0.05, 0) is 55.2 Å². The first-order valence-electron chi connectivity index (χ1n) is 13.3. The molecule has 2 unspecified atom stereocenters. The third kappa shape index (κ3) is 5.71. The summed E-state index contributed by atoms with van der Waals surface area (Å²) in [6, 6.07) is 9.59.